The van der Waals surface area contributed by atoms with Crippen LogP contribution >= 0.6 is 0 Å². The molecule has 0 fully saturated rings. The van der Waals surface area contributed by atoms with Crippen molar-refractivity contribution in [1.82, 2.24) is 0 Å². The summed E-state index contributed by atoms with van der Waals surface area (Å²) >= 11 is 0. The van der Waals surface area contributed by atoms with E-state index in [1.54, 1.807) is 6.08 Å². The van der Waals surface area contributed by atoms with Crippen LogP contribution in [-0.2, 0) is 0 Å². The highest BCUT2D eigenvalue weighted by atomic mass is 16.6. The molecule has 0 aliphatic heterocycles. The largest absolute Gasteiger partial charge is 0.493 e. The molecule has 0 atom stereocenters. The van der Waals surface area contributed by atoms with Crippen molar-refractivity contribution < 1.29 is 14.5 Å². The minimum atomic E-state index is -0.547. The summed E-state index contributed by atoms with van der Waals surface area (Å²) < 4.78 is 5.36. The Labute approximate surface area is 98.9 Å². The molecule has 0 saturated heterocycles. The van der Waals surface area contributed by atoms with Crippen molar-refractivity contribution >= 4 is 12.0 Å². The number of non-ortho nitro benzene ring substituents is 1. The van der Waals surface area contributed by atoms with Crippen LogP contribution in [-0.4, -0.2) is 17.8 Å². The monoisotopic (exact) mass is 235 g/mol. The van der Waals surface area contributed by atoms with Crippen molar-refractivity contribution in [1.29, 1.82) is 0 Å². The molecule has 5 nitrogen and oxygen atoms in total. The maximum atomic E-state index is 10.8. The number of nitro groups is 1. The maximum Gasteiger partial charge on any atom is 0.270 e. The van der Waals surface area contributed by atoms with Crippen LogP contribution in [0.15, 0.2) is 30.9 Å². The Hall–Kier alpha value is -2.17. The number of ether oxygens (including phenoxy) is 1. The van der Waals surface area contributed by atoms with Crippen LogP contribution in [0.3, 0.4) is 0 Å². The number of benzene rings is 1. The molecule has 0 unspecified atom stereocenters. The smallest absolute Gasteiger partial charge is 0.270 e. The fourth-order valence-corrected chi connectivity index (χ4v) is 1.28. The third kappa shape index (κ3) is 3.71. The van der Waals surface area contributed by atoms with Gasteiger partial charge in [0.05, 0.1) is 17.1 Å². The number of nitrogens with zero attached hydrogens (tertiary/aromatic N) is 1. The maximum absolute atomic E-state index is 10.8. The normalized spacial score (nSPS) is 9.65. The van der Waals surface area contributed by atoms with Crippen LogP contribution in [0.1, 0.15) is 23.2 Å². The highest BCUT2D eigenvalue weighted by Gasteiger charge is 2.10. The van der Waals surface area contributed by atoms with Gasteiger partial charge in [0.1, 0.15) is 5.75 Å². The van der Waals surface area contributed by atoms with Crippen LogP contribution in [0, 0.1) is 10.1 Å². The lowest BCUT2D eigenvalue weighted by Crippen LogP contribution is -2.00. The molecule has 0 saturated carbocycles. The van der Waals surface area contributed by atoms with Crippen molar-refractivity contribution in [3.8, 4) is 5.75 Å². The van der Waals surface area contributed by atoms with Gasteiger partial charge in [0.2, 0.25) is 0 Å². The zero-order chi connectivity index (χ0) is 12.7. The summed E-state index contributed by atoms with van der Waals surface area (Å²) in [6.45, 7) is 4.03. The lowest BCUT2D eigenvalue weighted by Gasteiger charge is -2.07. The molecule has 0 aromatic heterocycles. The molecule has 1 aromatic carbocycles. The number of hydrogen-bond acceptors (Lipinski definition) is 4. The molecule has 0 amide bonds. The van der Waals surface area contributed by atoms with E-state index in [9.17, 15) is 14.9 Å². The van der Waals surface area contributed by atoms with Gasteiger partial charge >= 0.3 is 0 Å². The Bertz CT molecular complexity index is 429. The van der Waals surface area contributed by atoms with E-state index in [0.717, 1.165) is 12.8 Å². The van der Waals surface area contributed by atoms with E-state index < -0.39 is 4.92 Å². The molecular formula is C12H13NO4. The number of carbonyl (C=O) groups is 1. The second kappa shape index (κ2) is 6.42. The number of rotatable bonds is 7. The fraction of sp³-hybridized carbons (Fsp3) is 0.250. The van der Waals surface area contributed by atoms with E-state index in [-0.39, 0.29) is 11.3 Å². The molecule has 0 aliphatic rings. The summed E-state index contributed by atoms with van der Waals surface area (Å²) in [4.78, 5) is 20.7. The molecule has 17 heavy (non-hydrogen) atoms. The van der Waals surface area contributed by atoms with Gasteiger partial charge in [-0.25, -0.2) is 0 Å². The number of unbranched alkanes of at least 4 members (excludes halogenated alkanes) is 1. The summed E-state index contributed by atoms with van der Waals surface area (Å²) in [5.74, 6) is 0.370. The average Bonchev–Trinajstić information content (AvgIpc) is 2.34. The molecule has 1 rings (SSSR count). The van der Waals surface area contributed by atoms with Crippen LogP contribution in [0.2, 0.25) is 0 Å². The zero-order valence-corrected chi connectivity index (χ0v) is 9.30. The molecule has 0 aliphatic carbocycles. The van der Waals surface area contributed by atoms with Crippen LogP contribution in [0.25, 0.3) is 0 Å². The van der Waals surface area contributed by atoms with E-state index in [0.29, 0.717) is 18.6 Å². The topological polar surface area (TPSA) is 69.4 Å². The summed E-state index contributed by atoms with van der Waals surface area (Å²) in [6, 6.07) is 3.96. The lowest BCUT2D eigenvalue weighted by atomic mass is 10.2. The molecule has 5 heteroatoms. The second-order valence-electron chi connectivity index (χ2n) is 3.38. The van der Waals surface area contributed by atoms with Crippen molar-refractivity contribution in [3.63, 3.8) is 0 Å². The predicted octanol–water partition coefficient (Wildman–Crippen LogP) is 2.75. The van der Waals surface area contributed by atoms with Gasteiger partial charge in [0.15, 0.2) is 6.29 Å². The zero-order valence-electron chi connectivity index (χ0n) is 9.30. The molecule has 1 aromatic rings. The van der Waals surface area contributed by atoms with Crippen LogP contribution in [0.5, 0.6) is 5.75 Å². The van der Waals surface area contributed by atoms with Gasteiger partial charge < -0.3 is 4.74 Å². The van der Waals surface area contributed by atoms with Crippen LogP contribution in [0.4, 0.5) is 5.69 Å². The number of aldehydes is 1. The van der Waals surface area contributed by atoms with Gasteiger partial charge in [0.25, 0.3) is 5.69 Å². The van der Waals surface area contributed by atoms with Crippen molar-refractivity contribution in [3.05, 3.63) is 46.5 Å². The first kappa shape index (κ1) is 12.9. The Kier molecular flexibility index (Phi) is 4.87. The first-order valence-electron chi connectivity index (χ1n) is 5.16. The Morgan fingerprint density at radius 3 is 2.82 bits per heavy atom. The molecule has 0 heterocycles. The number of carbonyl (C=O) groups excluding carboxylic acids is 1. The quantitative estimate of drug-likeness (QED) is 0.239. The third-order valence-corrected chi connectivity index (χ3v) is 2.14. The van der Waals surface area contributed by atoms with Gasteiger partial charge in [-0.05, 0) is 18.9 Å². The number of allylic oxidation sites excluding steroid dienone is 1. The van der Waals surface area contributed by atoms with Gasteiger partial charge in [-0.1, -0.05) is 6.08 Å². The third-order valence-electron chi connectivity index (χ3n) is 2.14. The van der Waals surface area contributed by atoms with Crippen molar-refractivity contribution in [2.45, 2.75) is 12.8 Å². The summed E-state index contributed by atoms with van der Waals surface area (Å²) in [6.07, 6.45) is 3.94. The number of nitro benzene ring substituents is 1. The fourth-order valence-electron chi connectivity index (χ4n) is 1.28. The van der Waals surface area contributed by atoms with E-state index in [2.05, 4.69) is 6.58 Å². The first-order valence-corrected chi connectivity index (χ1v) is 5.16. The molecular weight excluding hydrogens is 222 g/mol. The van der Waals surface area contributed by atoms with Gasteiger partial charge in [-0.3, -0.25) is 14.9 Å². The number of hydrogen-bond donors (Lipinski definition) is 0. The molecule has 0 bridgehead atoms. The van der Waals surface area contributed by atoms with Crippen molar-refractivity contribution in [2.75, 3.05) is 6.61 Å². The Balaban J connectivity index is 2.74. The minimum Gasteiger partial charge on any atom is -0.493 e. The van der Waals surface area contributed by atoms with E-state index in [1.807, 2.05) is 0 Å². The van der Waals surface area contributed by atoms with E-state index in [1.165, 1.54) is 18.2 Å². The second-order valence-corrected chi connectivity index (χ2v) is 3.38. The Morgan fingerprint density at radius 2 is 2.24 bits per heavy atom. The summed E-state index contributed by atoms with van der Waals surface area (Å²) in [5.41, 5.74) is 0.0725. The molecule has 90 valence electrons. The first-order chi connectivity index (χ1) is 8.19. The average molecular weight is 235 g/mol. The minimum absolute atomic E-state index is 0.120. The van der Waals surface area contributed by atoms with E-state index >= 15 is 0 Å². The van der Waals surface area contributed by atoms with Crippen LogP contribution < -0.4 is 4.74 Å². The van der Waals surface area contributed by atoms with Gasteiger partial charge in [-0.2, -0.15) is 0 Å². The lowest BCUT2D eigenvalue weighted by molar-refractivity contribution is -0.384. The summed E-state index contributed by atoms with van der Waals surface area (Å²) in [7, 11) is 0. The highest BCUT2D eigenvalue weighted by Crippen LogP contribution is 2.22. The highest BCUT2D eigenvalue weighted by molar-refractivity contribution is 5.80. The van der Waals surface area contributed by atoms with Gasteiger partial charge in [-0.15, -0.1) is 6.58 Å². The standard InChI is InChI=1S/C12H13NO4/c1-2-3-4-7-17-12-6-5-11(13(15)16)8-10(12)9-14/h2,5-6,8-9H,1,3-4,7H2. The Morgan fingerprint density at radius 1 is 1.47 bits per heavy atom. The van der Waals surface area contributed by atoms with E-state index in [4.69, 9.17) is 4.74 Å². The molecule has 0 radical (unpaired) electrons. The SMILES string of the molecule is C=CCCCOc1ccc([N+](=O)[O-])cc1C=O. The molecule has 0 spiro atoms. The van der Waals surface area contributed by atoms with Crippen molar-refractivity contribution in [2.24, 2.45) is 0 Å². The van der Waals surface area contributed by atoms with Gasteiger partial charge in [0, 0.05) is 12.1 Å². The predicted molar refractivity (Wildman–Crippen MR) is 63.4 cm³/mol. The molecule has 0 N–H and O–H groups in total. The summed E-state index contributed by atoms with van der Waals surface area (Å²) in [5, 5.41) is 10.5.